The maximum absolute atomic E-state index is 13.1. The highest BCUT2D eigenvalue weighted by atomic mass is 16.2. The summed E-state index contributed by atoms with van der Waals surface area (Å²) in [5.74, 6) is -0.0358. The Kier molecular flexibility index (Phi) is 5.44. The molecule has 1 aromatic carbocycles. The van der Waals surface area contributed by atoms with Gasteiger partial charge in [-0.1, -0.05) is 31.5 Å². The summed E-state index contributed by atoms with van der Waals surface area (Å²) in [5, 5.41) is 8.72. The largest absolute Gasteiger partial charge is 0.354 e. The number of rotatable bonds is 6. The number of hydrogen-bond donors (Lipinski definition) is 1. The molecule has 1 atom stereocenters. The van der Waals surface area contributed by atoms with E-state index in [1.807, 2.05) is 55.7 Å². The van der Waals surface area contributed by atoms with E-state index in [0.717, 1.165) is 35.3 Å². The van der Waals surface area contributed by atoms with Crippen molar-refractivity contribution >= 4 is 16.7 Å². The fourth-order valence-electron chi connectivity index (χ4n) is 3.57. The number of para-hydroxylation sites is 1. The van der Waals surface area contributed by atoms with Crippen molar-refractivity contribution < 1.29 is 4.79 Å². The molecule has 0 saturated carbocycles. The fourth-order valence-corrected chi connectivity index (χ4v) is 3.57. The lowest BCUT2D eigenvalue weighted by molar-refractivity contribution is -0.123. The van der Waals surface area contributed by atoms with Crippen LogP contribution in [0, 0.1) is 13.8 Å². The number of aryl methyl sites for hydroxylation is 2. The minimum Gasteiger partial charge on any atom is -0.354 e. The molecule has 0 radical (unpaired) electrons. The Bertz CT molecular complexity index is 1020. The number of amides is 1. The molecule has 0 aliphatic heterocycles. The zero-order chi connectivity index (χ0) is 19.6. The molecule has 3 rings (SSSR count). The monoisotopic (exact) mass is 366 g/mol. The Morgan fingerprint density at radius 2 is 1.89 bits per heavy atom. The van der Waals surface area contributed by atoms with Crippen LogP contribution in [0.3, 0.4) is 0 Å². The zero-order valence-electron chi connectivity index (χ0n) is 16.3. The van der Waals surface area contributed by atoms with Crippen molar-refractivity contribution in [2.75, 3.05) is 6.54 Å². The van der Waals surface area contributed by atoms with Gasteiger partial charge in [-0.15, -0.1) is 0 Å². The number of fused-ring (bicyclic) bond motifs is 1. The number of carbonyl (C=O) groups is 1. The van der Waals surface area contributed by atoms with Gasteiger partial charge in [-0.2, -0.15) is 9.78 Å². The quantitative estimate of drug-likeness (QED) is 0.681. The van der Waals surface area contributed by atoms with Crippen LogP contribution in [0.5, 0.6) is 0 Å². The van der Waals surface area contributed by atoms with Crippen LogP contribution in [-0.2, 0) is 4.79 Å². The van der Waals surface area contributed by atoms with E-state index in [9.17, 15) is 9.59 Å². The molecule has 27 heavy (non-hydrogen) atoms. The van der Waals surface area contributed by atoms with Crippen molar-refractivity contribution in [1.29, 1.82) is 0 Å². The molecule has 0 aliphatic rings. The van der Waals surface area contributed by atoms with E-state index in [4.69, 9.17) is 0 Å². The molecule has 0 saturated heterocycles. The van der Waals surface area contributed by atoms with Gasteiger partial charge < -0.3 is 9.88 Å². The lowest BCUT2D eigenvalue weighted by atomic mass is 10.2. The summed E-state index contributed by atoms with van der Waals surface area (Å²) in [6, 6.07) is 8.96. The summed E-state index contributed by atoms with van der Waals surface area (Å²) in [7, 11) is 0. The van der Waals surface area contributed by atoms with Crippen LogP contribution < -0.4 is 10.9 Å². The van der Waals surface area contributed by atoms with Crippen LogP contribution in [0.25, 0.3) is 16.5 Å². The predicted molar refractivity (Wildman–Crippen MR) is 107 cm³/mol. The lowest BCUT2D eigenvalue weighted by Crippen LogP contribution is -2.32. The molecular weight excluding hydrogens is 340 g/mol. The first-order chi connectivity index (χ1) is 13.0. The Hall–Kier alpha value is -2.89. The van der Waals surface area contributed by atoms with Crippen LogP contribution in [0.1, 0.15) is 44.1 Å². The van der Waals surface area contributed by atoms with E-state index in [0.29, 0.717) is 11.9 Å². The summed E-state index contributed by atoms with van der Waals surface area (Å²) >= 11 is 0. The molecule has 6 heteroatoms. The summed E-state index contributed by atoms with van der Waals surface area (Å²) in [4.78, 5) is 25.6. The van der Waals surface area contributed by atoms with Gasteiger partial charge in [0.05, 0.1) is 17.3 Å². The summed E-state index contributed by atoms with van der Waals surface area (Å²) in [6.45, 7) is 8.44. The molecule has 0 spiro atoms. The van der Waals surface area contributed by atoms with Gasteiger partial charge >= 0.3 is 0 Å². The summed E-state index contributed by atoms with van der Waals surface area (Å²) in [6.07, 6.45) is 3.70. The van der Waals surface area contributed by atoms with E-state index < -0.39 is 0 Å². The Morgan fingerprint density at radius 3 is 2.56 bits per heavy atom. The van der Waals surface area contributed by atoms with E-state index in [-0.39, 0.29) is 17.5 Å². The van der Waals surface area contributed by atoms with Gasteiger partial charge in [0.1, 0.15) is 6.04 Å². The molecule has 2 aromatic heterocycles. The smallest absolute Gasteiger partial charge is 0.281 e. The van der Waals surface area contributed by atoms with E-state index in [2.05, 4.69) is 17.3 Å². The predicted octanol–water partition coefficient (Wildman–Crippen LogP) is 3.28. The zero-order valence-corrected chi connectivity index (χ0v) is 16.3. The molecule has 3 aromatic rings. The maximum Gasteiger partial charge on any atom is 0.281 e. The van der Waals surface area contributed by atoms with Gasteiger partial charge in [-0.05, 0) is 39.3 Å². The standard InChI is InChI=1S/C21H26N4O2/c1-5-6-12-22-20(26)16(4)24-14(2)18-13-23-25(17-10-8-7-9-11-17)21(27)19(18)15(24)3/h7-11,13,16H,5-6,12H2,1-4H3,(H,22,26)/t16-/m1/s1. The normalized spacial score (nSPS) is 12.3. The van der Waals surface area contributed by atoms with Crippen LogP contribution in [0.2, 0.25) is 0 Å². The van der Waals surface area contributed by atoms with Gasteiger partial charge in [0.15, 0.2) is 0 Å². The van der Waals surface area contributed by atoms with Gasteiger partial charge in [-0.3, -0.25) is 9.59 Å². The molecule has 2 heterocycles. The van der Waals surface area contributed by atoms with E-state index >= 15 is 0 Å². The third-order valence-corrected chi connectivity index (χ3v) is 5.05. The molecule has 1 N–H and O–H groups in total. The van der Waals surface area contributed by atoms with Gasteiger partial charge in [0.25, 0.3) is 5.56 Å². The summed E-state index contributed by atoms with van der Waals surface area (Å²) in [5.41, 5.74) is 2.22. The van der Waals surface area contributed by atoms with Gasteiger partial charge in [0.2, 0.25) is 5.91 Å². The second-order valence-corrected chi connectivity index (χ2v) is 6.85. The molecule has 142 valence electrons. The SMILES string of the molecule is CCCCNC(=O)[C@@H](C)n1c(C)c2cnn(-c3ccccc3)c(=O)c2c1C. The number of carbonyl (C=O) groups excluding carboxylic acids is 1. The highest BCUT2D eigenvalue weighted by Crippen LogP contribution is 2.26. The van der Waals surface area contributed by atoms with Crippen LogP contribution >= 0.6 is 0 Å². The molecule has 0 fully saturated rings. The number of nitrogens with zero attached hydrogens (tertiary/aromatic N) is 3. The molecule has 6 nitrogen and oxygen atoms in total. The fraction of sp³-hybridized carbons (Fsp3) is 0.381. The minimum absolute atomic E-state index is 0.0358. The maximum atomic E-state index is 13.1. The van der Waals surface area contributed by atoms with Crippen molar-refractivity contribution in [3.8, 4) is 5.69 Å². The van der Waals surface area contributed by atoms with Crippen molar-refractivity contribution in [3.05, 3.63) is 58.3 Å². The Labute approximate surface area is 158 Å². The van der Waals surface area contributed by atoms with Crippen LogP contribution in [0.15, 0.2) is 41.3 Å². The van der Waals surface area contributed by atoms with Crippen LogP contribution in [0.4, 0.5) is 0 Å². The number of aromatic nitrogens is 3. The molecule has 0 unspecified atom stereocenters. The molecular formula is C21H26N4O2. The average Bonchev–Trinajstić information content (AvgIpc) is 2.93. The average molecular weight is 366 g/mol. The number of hydrogen-bond acceptors (Lipinski definition) is 3. The Morgan fingerprint density at radius 1 is 1.19 bits per heavy atom. The number of unbranched alkanes of at least 4 members (excludes halogenated alkanes) is 1. The minimum atomic E-state index is -0.390. The van der Waals surface area contributed by atoms with Gasteiger partial charge in [0, 0.05) is 23.3 Å². The van der Waals surface area contributed by atoms with E-state index in [1.54, 1.807) is 6.20 Å². The van der Waals surface area contributed by atoms with E-state index in [1.165, 1.54) is 4.68 Å². The summed E-state index contributed by atoms with van der Waals surface area (Å²) < 4.78 is 3.34. The number of benzene rings is 1. The second kappa shape index (κ2) is 7.78. The third-order valence-electron chi connectivity index (χ3n) is 5.05. The highest BCUT2D eigenvalue weighted by molar-refractivity contribution is 5.89. The van der Waals surface area contributed by atoms with Gasteiger partial charge in [-0.25, -0.2) is 0 Å². The number of nitrogens with one attached hydrogen (secondary N) is 1. The first kappa shape index (κ1) is 18.9. The van der Waals surface area contributed by atoms with Crippen molar-refractivity contribution in [2.24, 2.45) is 0 Å². The van der Waals surface area contributed by atoms with Crippen molar-refractivity contribution in [1.82, 2.24) is 19.7 Å². The molecule has 1 amide bonds. The van der Waals surface area contributed by atoms with Crippen molar-refractivity contribution in [3.63, 3.8) is 0 Å². The lowest BCUT2D eigenvalue weighted by Gasteiger charge is -2.18. The van der Waals surface area contributed by atoms with Crippen LogP contribution in [-0.4, -0.2) is 26.8 Å². The third kappa shape index (κ3) is 3.39. The first-order valence-electron chi connectivity index (χ1n) is 9.40. The highest BCUT2D eigenvalue weighted by Gasteiger charge is 2.23. The molecule has 0 aliphatic carbocycles. The molecule has 0 bridgehead atoms. The second-order valence-electron chi connectivity index (χ2n) is 6.85. The van der Waals surface area contributed by atoms with Crippen molar-refractivity contribution in [2.45, 2.75) is 46.6 Å². The Balaban J connectivity index is 2.07. The topological polar surface area (TPSA) is 68.9 Å². The first-order valence-corrected chi connectivity index (χ1v) is 9.40.